The lowest BCUT2D eigenvalue weighted by Crippen LogP contribution is -2.48. The average molecular weight is 227 g/mol. The van der Waals surface area contributed by atoms with Crippen LogP contribution in [0.4, 0.5) is 0 Å². The Kier molecular flexibility index (Phi) is 3.82. The Balaban J connectivity index is 2.43. The van der Waals surface area contributed by atoms with E-state index in [-0.39, 0.29) is 11.3 Å². The van der Waals surface area contributed by atoms with Crippen LogP contribution < -0.4 is 11.1 Å². The summed E-state index contributed by atoms with van der Waals surface area (Å²) in [5.41, 5.74) is 7.34. The van der Waals surface area contributed by atoms with Gasteiger partial charge in [-0.15, -0.1) is 11.3 Å². The molecular weight excluding hydrogens is 210 g/mol. The average Bonchev–Trinajstić information content (AvgIpc) is 2.63. The topological polar surface area (TPSA) is 68.0 Å². The Morgan fingerprint density at radius 2 is 2.33 bits per heavy atom. The summed E-state index contributed by atoms with van der Waals surface area (Å²) in [7, 11) is 0. The van der Waals surface area contributed by atoms with Crippen LogP contribution in [0.3, 0.4) is 0 Å². The molecule has 1 heterocycles. The van der Waals surface area contributed by atoms with Crippen LogP contribution >= 0.6 is 11.3 Å². The predicted molar refractivity (Wildman–Crippen MR) is 61.4 cm³/mol. The fraction of sp³-hybridized carbons (Fsp3) is 0.600. The van der Waals surface area contributed by atoms with Gasteiger partial charge in [-0.1, -0.05) is 20.8 Å². The number of nitrogens with zero attached hydrogens (tertiary/aromatic N) is 1. The molecule has 5 heteroatoms. The van der Waals surface area contributed by atoms with Crippen LogP contribution in [0.1, 0.15) is 25.6 Å². The molecule has 0 bridgehead atoms. The maximum atomic E-state index is 11.6. The van der Waals surface area contributed by atoms with Crippen molar-refractivity contribution in [1.29, 1.82) is 0 Å². The number of nitrogens with two attached hydrogens (primary N) is 1. The van der Waals surface area contributed by atoms with E-state index in [4.69, 9.17) is 5.73 Å². The molecule has 1 aromatic rings. The highest BCUT2D eigenvalue weighted by molar-refractivity contribution is 7.09. The number of nitrogens with one attached hydrogen (secondary N) is 1. The van der Waals surface area contributed by atoms with Crippen molar-refractivity contribution in [3.05, 3.63) is 16.6 Å². The van der Waals surface area contributed by atoms with Gasteiger partial charge in [0.1, 0.15) is 0 Å². The lowest BCUT2D eigenvalue weighted by Gasteiger charge is -2.25. The number of carbonyl (C=O) groups is 1. The number of amides is 1. The van der Waals surface area contributed by atoms with E-state index in [9.17, 15) is 4.79 Å². The highest BCUT2D eigenvalue weighted by Crippen LogP contribution is 2.17. The summed E-state index contributed by atoms with van der Waals surface area (Å²) in [5.74, 6) is -0.115. The number of hydrogen-bond acceptors (Lipinski definition) is 4. The molecule has 0 fully saturated rings. The number of hydrogen-bond donors (Lipinski definition) is 2. The summed E-state index contributed by atoms with van der Waals surface area (Å²) in [4.78, 5) is 16.6. The van der Waals surface area contributed by atoms with Gasteiger partial charge in [-0.3, -0.25) is 9.78 Å². The van der Waals surface area contributed by atoms with Gasteiger partial charge in [-0.05, 0) is 5.41 Å². The molecule has 1 amide bonds. The van der Waals surface area contributed by atoms with Crippen molar-refractivity contribution in [2.24, 2.45) is 11.1 Å². The molecular formula is C10H17N3OS. The Morgan fingerprint density at radius 1 is 1.67 bits per heavy atom. The third-order valence-corrected chi connectivity index (χ3v) is 2.92. The number of aromatic nitrogens is 1. The fourth-order valence-electron chi connectivity index (χ4n) is 1.01. The Morgan fingerprint density at radius 3 is 2.80 bits per heavy atom. The zero-order valence-electron chi connectivity index (χ0n) is 9.28. The van der Waals surface area contributed by atoms with Crippen molar-refractivity contribution in [1.82, 2.24) is 10.3 Å². The van der Waals surface area contributed by atoms with Crippen LogP contribution in [0.5, 0.6) is 0 Å². The lowest BCUT2D eigenvalue weighted by molar-refractivity contribution is -0.124. The van der Waals surface area contributed by atoms with Gasteiger partial charge in [0.15, 0.2) is 0 Å². The minimum absolute atomic E-state index is 0.115. The molecule has 0 unspecified atom stereocenters. The molecule has 0 saturated carbocycles. The first-order valence-corrected chi connectivity index (χ1v) is 5.70. The quantitative estimate of drug-likeness (QED) is 0.813. The molecule has 15 heavy (non-hydrogen) atoms. The van der Waals surface area contributed by atoms with Gasteiger partial charge in [-0.2, -0.15) is 0 Å². The van der Waals surface area contributed by atoms with E-state index in [0.717, 1.165) is 4.88 Å². The van der Waals surface area contributed by atoms with Gasteiger partial charge < -0.3 is 11.1 Å². The Labute approximate surface area is 93.9 Å². The molecule has 0 saturated heterocycles. The van der Waals surface area contributed by atoms with Gasteiger partial charge in [0.25, 0.3) is 0 Å². The second-order valence-electron chi connectivity index (χ2n) is 4.53. The van der Waals surface area contributed by atoms with Gasteiger partial charge in [0, 0.05) is 11.1 Å². The maximum Gasteiger partial charge on any atom is 0.237 e. The van der Waals surface area contributed by atoms with E-state index in [2.05, 4.69) is 10.3 Å². The first-order valence-electron chi connectivity index (χ1n) is 4.82. The van der Waals surface area contributed by atoms with Crippen LogP contribution in [0.2, 0.25) is 0 Å². The third-order valence-electron chi connectivity index (χ3n) is 2.14. The van der Waals surface area contributed by atoms with Crippen LogP contribution in [0.25, 0.3) is 0 Å². The second-order valence-corrected chi connectivity index (χ2v) is 5.50. The molecule has 0 aliphatic heterocycles. The molecule has 4 nitrogen and oxygen atoms in total. The SMILES string of the molecule is CC(C)(C)[C@H](N)C(=O)NCc1cncs1. The van der Waals surface area contributed by atoms with Crippen molar-refractivity contribution in [3.63, 3.8) is 0 Å². The normalized spacial score (nSPS) is 13.6. The fourth-order valence-corrected chi connectivity index (χ4v) is 1.54. The Bertz CT molecular complexity index is 316. The molecule has 0 spiro atoms. The molecule has 3 N–H and O–H groups in total. The van der Waals surface area contributed by atoms with Gasteiger partial charge >= 0.3 is 0 Å². The minimum Gasteiger partial charge on any atom is -0.350 e. The zero-order chi connectivity index (χ0) is 11.5. The highest BCUT2D eigenvalue weighted by Gasteiger charge is 2.27. The van der Waals surface area contributed by atoms with Crippen molar-refractivity contribution < 1.29 is 4.79 Å². The molecule has 0 aromatic carbocycles. The largest absolute Gasteiger partial charge is 0.350 e. The summed E-state index contributed by atoms with van der Waals surface area (Å²) in [5, 5.41) is 2.80. The third kappa shape index (κ3) is 3.60. The first-order chi connectivity index (χ1) is 6.91. The van der Waals surface area contributed by atoms with Crippen LogP contribution in [-0.2, 0) is 11.3 Å². The molecule has 0 radical (unpaired) electrons. The van der Waals surface area contributed by atoms with E-state index in [0.29, 0.717) is 6.54 Å². The minimum atomic E-state index is -0.481. The smallest absolute Gasteiger partial charge is 0.237 e. The van der Waals surface area contributed by atoms with E-state index < -0.39 is 6.04 Å². The van der Waals surface area contributed by atoms with E-state index in [1.54, 1.807) is 11.7 Å². The summed E-state index contributed by atoms with van der Waals surface area (Å²) in [6, 6.07) is -0.481. The Hall–Kier alpha value is -0.940. The number of rotatable bonds is 3. The van der Waals surface area contributed by atoms with Crippen molar-refractivity contribution in [2.45, 2.75) is 33.4 Å². The van der Waals surface area contributed by atoms with Crippen LogP contribution in [0.15, 0.2) is 11.7 Å². The molecule has 1 rings (SSSR count). The summed E-state index contributed by atoms with van der Waals surface area (Å²) >= 11 is 1.52. The standard InChI is InChI=1S/C10H17N3OS/c1-10(2,3)8(11)9(14)13-5-7-4-12-6-15-7/h4,6,8H,5,11H2,1-3H3,(H,13,14)/t8-/m1/s1. The first kappa shape index (κ1) is 12.1. The summed E-state index contributed by atoms with van der Waals surface area (Å²) in [6.07, 6.45) is 1.74. The molecule has 1 aromatic heterocycles. The molecule has 0 aliphatic carbocycles. The monoisotopic (exact) mass is 227 g/mol. The maximum absolute atomic E-state index is 11.6. The summed E-state index contributed by atoms with van der Waals surface area (Å²) in [6.45, 7) is 6.35. The molecule has 1 atom stereocenters. The van der Waals surface area contributed by atoms with Crippen molar-refractivity contribution in [2.75, 3.05) is 0 Å². The van der Waals surface area contributed by atoms with Crippen molar-refractivity contribution in [3.8, 4) is 0 Å². The van der Waals surface area contributed by atoms with E-state index >= 15 is 0 Å². The van der Waals surface area contributed by atoms with E-state index in [1.165, 1.54) is 11.3 Å². The van der Waals surface area contributed by atoms with E-state index in [1.807, 2.05) is 20.8 Å². The van der Waals surface area contributed by atoms with Crippen LogP contribution in [-0.4, -0.2) is 16.9 Å². The van der Waals surface area contributed by atoms with Gasteiger partial charge in [0.2, 0.25) is 5.91 Å². The second kappa shape index (κ2) is 4.72. The van der Waals surface area contributed by atoms with Crippen molar-refractivity contribution >= 4 is 17.2 Å². The highest BCUT2D eigenvalue weighted by atomic mass is 32.1. The molecule has 84 valence electrons. The predicted octanol–water partition coefficient (Wildman–Crippen LogP) is 1.13. The number of carbonyl (C=O) groups excluding carboxylic acids is 1. The van der Waals surface area contributed by atoms with Crippen LogP contribution in [0, 0.1) is 5.41 Å². The van der Waals surface area contributed by atoms with Gasteiger partial charge in [0.05, 0.1) is 18.1 Å². The number of thiazole rings is 1. The van der Waals surface area contributed by atoms with Gasteiger partial charge in [-0.25, -0.2) is 0 Å². The molecule has 0 aliphatic rings. The lowest BCUT2D eigenvalue weighted by atomic mass is 9.87. The zero-order valence-corrected chi connectivity index (χ0v) is 10.1. The summed E-state index contributed by atoms with van der Waals surface area (Å²) < 4.78 is 0.